The quantitative estimate of drug-likeness (QED) is 0.774. The number of imide groups is 1. The van der Waals surface area contributed by atoms with E-state index in [1.54, 1.807) is 6.92 Å². The highest BCUT2D eigenvalue weighted by molar-refractivity contribution is 5.97. The van der Waals surface area contributed by atoms with E-state index in [1.165, 1.54) is 19.1 Å². The molecule has 1 atom stereocenters. The first-order valence-electron chi connectivity index (χ1n) is 6.02. The van der Waals surface area contributed by atoms with Gasteiger partial charge in [0.2, 0.25) is 5.91 Å². The molecule has 20 heavy (non-hydrogen) atoms. The molecule has 1 unspecified atom stereocenters. The van der Waals surface area contributed by atoms with Crippen LogP contribution in [0.4, 0.5) is 14.9 Å². The van der Waals surface area contributed by atoms with Gasteiger partial charge in [0.25, 0.3) is 0 Å². The largest absolute Gasteiger partial charge is 0.372 e. The Kier molecular flexibility index (Phi) is 5.47. The maximum Gasteiger partial charge on any atom is 0.321 e. The fourth-order valence-electron chi connectivity index (χ4n) is 1.43. The smallest absolute Gasteiger partial charge is 0.321 e. The summed E-state index contributed by atoms with van der Waals surface area (Å²) in [6.45, 7) is 3.61. The summed E-state index contributed by atoms with van der Waals surface area (Å²) >= 11 is 0. The number of nitrogens with zero attached hydrogens (tertiary/aromatic N) is 1. The number of hydrogen-bond acceptors (Lipinski definition) is 4. The Bertz CT molecular complexity index is 554. The summed E-state index contributed by atoms with van der Waals surface area (Å²) in [6, 6.07) is 4.26. The van der Waals surface area contributed by atoms with E-state index in [0.717, 1.165) is 6.07 Å². The molecule has 0 spiro atoms. The monoisotopic (exact) mass is 278 g/mol. The molecule has 0 heterocycles. The number of carbonyl (C=O) groups excluding carboxylic acids is 2. The van der Waals surface area contributed by atoms with Gasteiger partial charge in [0.15, 0.2) is 0 Å². The predicted molar refractivity (Wildman–Crippen MR) is 71.4 cm³/mol. The molecule has 1 rings (SSSR count). The van der Waals surface area contributed by atoms with Crippen molar-refractivity contribution >= 4 is 17.6 Å². The predicted octanol–water partition coefficient (Wildman–Crippen LogP) is 1.34. The van der Waals surface area contributed by atoms with Crippen LogP contribution in [0.2, 0.25) is 0 Å². The molecule has 106 valence electrons. The van der Waals surface area contributed by atoms with Gasteiger partial charge in [-0.3, -0.25) is 10.1 Å². The maximum absolute atomic E-state index is 13.6. The number of nitrogens with one attached hydrogen (secondary N) is 3. The second-order valence-corrected chi connectivity index (χ2v) is 4.02. The lowest BCUT2D eigenvalue weighted by Gasteiger charge is -2.15. The number of amides is 3. The lowest BCUT2D eigenvalue weighted by Crippen LogP contribution is -2.45. The molecule has 7 heteroatoms. The van der Waals surface area contributed by atoms with Crippen molar-refractivity contribution in [2.45, 2.75) is 19.9 Å². The molecule has 0 aliphatic carbocycles. The van der Waals surface area contributed by atoms with Gasteiger partial charge in [0, 0.05) is 6.54 Å². The van der Waals surface area contributed by atoms with E-state index in [2.05, 4.69) is 16.0 Å². The highest BCUT2D eigenvalue weighted by Crippen LogP contribution is 2.16. The number of nitriles is 1. The molecular formula is C13H15FN4O2. The van der Waals surface area contributed by atoms with Crippen LogP contribution in [-0.4, -0.2) is 24.5 Å². The molecule has 3 amide bonds. The van der Waals surface area contributed by atoms with Crippen molar-refractivity contribution < 1.29 is 14.0 Å². The zero-order chi connectivity index (χ0) is 15.1. The molecular weight excluding hydrogens is 263 g/mol. The van der Waals surface area contributed by atoms with E-state index in [4.69, 9.17) is 5.26 Å². The molecule has 0 saturated heterocycles. The van der Waals surface area contributed by atoms with Crippen molar-refractivity contribution in [2.75, 3.05) is 11.9 Å². The molecule has 0 aliphatic heterocycles. The van der Waals surface area contributed by atoms with Crippen LogP contribution in [0.25, 0.3) is 0 Å². The summed E-state index contributed by atoms with van der Waals surface area (Å²) in [4.78, 5) is 22.8. The Labute approximate surface area is 116 Å². The zero-order valence-electron chi connectivity index (χ0n) is 11.2. The van der Waals surface area contributed by atoms with Crippen LogP contribution in [0.5, 0.6) is 0 Å². The second kappa shape index (κ2) is 7.09. The van der Waals surface area contributed by atoms with Crippen LogP contribution in [0.1, 0.15) is 19.4 Å². The van der Waals surface area contributed by atoms with E-state index >= 15 is 0 Å². The summed E-state index contributed by atoms with van der Waals surface area (Å²) < 4.78 is 13.6. The van der Waals surface area contributed by atoms with Gasteiger partial charge in [-0.15, -0.1) is 0 Å². The molecule has 0 aromatic heterocycles. The lowest BCUT2D eigenvalue weighted by molar-refractivity contribution is -0.120. The van der Waals surface area contributed by atoms with Crippen molar-refractivity contribution in [1.82, 2.24) is 10.6 Å². The molecule has 0 aliphatic rings. The molecule has 0 saturated carbocycles. The molecule has 0 bridgehead atoms. The fraction of sp³-hybridized carbons (Fsp3) is 0.308. The standard InChI is InChI=1S/C13H15FN4O2/c1-3-16-13(20)18-12(19)8(2)17-11-5-4-9(7-15)6-10(11)14/h4-6,8,17H,3H2,1-2H3,(H2,16,18,19,20). The Morgan fingerprint density at radius 2 is 2.15 bits per heavy atom. The van der Waals surface area contributed by atoms with E-state index in [0.29, 0.717) is 6.54 Å². The SMILES string of the molecule is CCNC(=O)NC(=O)C(C)Nc1ccc(C#N)cc1F. The zero-order valence-corrected chi connectivity index (χ0v) is 11.2. The maximum atomic E-state index is 13.6. The average molecular weight is 278 g/mol. The Morgan fingerprint density at radius 1 is 1.45 bits per heavy atom. The Hall–Kier alpha value is -2.62. The minimum absolute atomic E-state index is 0.0857. The van der Waals surface area contributed by atoms with Crippen LogP contribution >= 0.6 is 0 Å². The first kappa shape index (κ1) is 15.4. The molecule has 1 aromatic carbocycles. The Balaban J connectivity index is 2.66. The number of benzene rings is 1. The minimum Gasteiger partial charge on any atom is -0.372 e. The van der Waals surface area contributed by atoms with E-state index in [-0.39, 0.29) is 11.3 Å². The van der Waals surface area contributed by atoms with Gasteiger partial charge in [0.1, 0.15) is 11.9 Å². The van der Waals surface area contributed by atoms with E-state index < -0.39 is 23.8 Å². The number of rotatable bonds is 4. The second-order valence-electron chi connectivity index (χ2n) is 4.02. The van der Waals surface area contributed by atoms with Gasteiger partial charge >= 0.3 is 6.03 Å². The van der Waals surface area contributed by atoms with Crippen LogP contribution in [0.3, 0.4) is 0 Å². The third kappa shape index (κ3) is 4.24. The van der Waals surface area contributed by atoms with Gasteiger partial charge in [-0.05, 0) is 32.0 Å². The van der Waals surface area contributed by atoms with Crippen molar-refractivity contribution in [3.05, 3.63) is 29.6 Å². The van der Waals surface area contributed by atoms with Crippen LogP contribution < -0.4 is 16.0 Å². The summed E-state index contributed by atoms with van der Waals surface area (Å²) in [5.41, 5.74) is 0.273. The average Bonchev–Trinajstić information content (AvgIpc) is 2.41. The molecule has 0 fully saturated rings. The van der Waals surface area contributed by atoms with E-state index in [9.17, 15) is 14.0 Å². The number of hydrogen-bond donors (Lipinski definition) is 3. The summed E-state index contributed by atoms with van der Waals surface area (Å²) in [6.07, 6.45) is 0. The first-order chi connectivity index (χ1) is 9.47. The number of halogens is 1. The van der Waals surface area contributed by atoms with Gasteiger partial charge in [-0.2, -0.15) is 5.26 Å². The third-order valence-corrected chi connectivity index (χ3v) is 2.44. The summed E-state index contributed by atoms with van der Waals surface area (Å²) in [5.74, 6) is -1.22. The first-order valence-corrected chi connectivity index (χ1v) is 6.02. The highest BCUT2D eigenvalue weighted by atomic mass is 19.1. The van der Waals surface area contributed by atoms with Crippen molar-refractivity contribution in [3.8, 4) is 6.07 Å². The topological polar surface area (TPSA) is 94.0 Å². The third-order valence-electron chi connectivity index (χ3n) is 2.44. The van der Waals surface area contributed by atoms with Crippen LogP contribution in [0.15, 0.2) is 18.2 Å². The van der Waals surface area contributed by atoms with Crippen molar-refractivity contribution in [3.63, 3.8) is 0 Å². The van der Waals surface area contributed by atoms with Crippen LogP contribution in [0, 0.1) is 17.1 Å². The normalized spacial score (nSPS) is 11.1. The fourth-order valence-corrected chi connectivity index (χ4v) is 1.43. The number of anilines is 1. The molecule has 1 aromatic rings. The molecule has 0 radical (unpaired) electrons. The van der Waals surface area contributed by atoms with Crippen molar-refractivity contribution in [1.29, 1.82) is 5.26 Å². The Morgan fingerprint density at radius 3 is 2.70 bits per heavy atom. The number of carbonyl (C=O) groups is 2. The minimum atomic E-state index is -0.806. The summed E-state index contributed by atoms with van der Waals surface area (Å²) in [5, 5.41) is 15.8. The van der Waals surface area contributed by atoms with Gasteiger partial charge < -0.3 is 10.6 Å². The van der Waals surface area contributed by atoms with Crippen molar-refractivity contribution in [2.24, 2.45) is 0 Å². The van der Waals surface area contributed by atoms with Gasteiger partial charge in [-0.25, -0.2) is 9.18 Å². The number of urea groups is 1. The van der Waals surface area contributed by atoms with Gasteiger partial charge in [-0.1, -0.05) is 0 Å². The molecule has 3 N–H and O–H groups in total. The summed E-state index contributed by atoms with van der Waals surface area (Å²) in [7, 11) is 0. The molecule has 6 nitrogen and oxygen atoms in total. The van der Waals surface area contributed by atoms with Crippen LogP contribution in [-0.2, 0) is 4.79 Å². The lowest BCUT2D eigenvalue weighted by atomic mass is 10.2. The van der Waals surface area contributed by atoms with Gasteiger partial charge in [0.05, 0.1) is 17.3 Å². The highest BCUT2D eigenvalue weighted by Gasteiger charge is 2.16. The van der Waals surface area contributed by atoms with E-state index in [1.807, 2.05) is 6.07 Å².